The van der Waals surface area contributed by atoms with Crippen LogP contribution in [0.5, 0.6) is 11.5 Å². The molecule has 7 heteroatoms. The van der Waals surface area contributed by atoms with Crippen molar-refractivity contribution >= 4 is 11.9 Å². The summed E-state index contributed by atoms with van der Waals surface area (Å²) in [6.45, 7) is 5.38. The van der Waals surface area contributed by atoms with Gasteiger partial charge in [-0.2, -0.15) is 0 Å². The summed E-state index contributed by atoms with van der Waals surface area (Å²) in [6, 6.07) is 5.82. The molecule has 7 nitrogen and oxygen atoms in total. The molecule has 1 heterocycles. The van der Waals surface area contributed by atoms with Gasteiger partial charge in [0, 0.05) is 25.5 Å². The molecule has 1 aromatic heterocycles. The Balaban J connectivity index is 1.85. The van der Waals surface area contributed by atoms with Gasteiger partial charge in [0.1, 0.15) is 0 Å². The number of nitrogens with zero attached hydrogens (tertiary/aromatic N) is 2. The number of hydrogen-bond acceptors (Lipinski definition) is 6. The monoisotopic (exact) mass is 358 g/mol. The highest BCUT2D eigenvalue weighted by atomic mass is 16.5. The maximum absolute atomic E-state index is 11.9. The van der Waals surface area contributed by atoms with E-state index >= 15 is 0 Å². The van der Waals surface area contributed by atoms with Crippen molar-refractivity contribution in [2.45, 2.75) is 20.3 Å². The molecular weight excluding hydrogens is 332 g/mol. The molecule has 0 bridgehead atoms. The second-order valence-corrected chi connectivity index (χ2v) is 6.27. The highest BCUT2D eigenvalue weighted by Gasteiger charge is 2.08. The van der Waals surface area contributed by atoms with Crippen LogP contribution in [0.2, 0.25) is 0 Å². The van der Waals surface area contributed by atoms with Crippen molar-refractivity contribution in [2.75, 3.05) is 32.6 Å². The van der Waals surface area contributed by atoms with E-state index in [9.17, 15) is 4.79 Å². The Hall–Kier alpha value is -2.83. The lowest BCUT2D eigenvalue weighted by Crippen LogP contribution is -2.27. The lowest BCUT2D eigenvalue weighted by atomic mass is 10.1. The number of methoxy groups -OCH3 is 2. The molecule has 0 saturated heterocycles. The molecule has 0 atom stereocenters. The first-order valence-corrected chi connectivity index (χ1v) is 8.58. The van der Waals surface area contributed by atoms with Crippen LogP contribution in [-0.4, -0.2) is 43.2 Å². The van der Waals surface area contributed by atoms with Crippen LogP contribution >= 0.6 is 0 Å². The zero-order valence-corrected chi connectivity index (χ0v) is 15.7. The van der Waals surface area contributed by atoms with E-state index in [1.165, 1.54) is 12.4 Å². The number of rotatable bonds is 9. The van der Waals surface area contributed by atoms with Gasteiger partial charge in [0.15, 0.2) is 11.5 Å². The molecule has 140 valence electrons. The minimum Gasteiger partial charge on any atom is -0.493 e. The Kier molecular flexibility index (Phi) is 7.20. The normalized spacial score (nSPS) is 10.5. The molecule has 2 aromatic rings. The van der Waals surface area contributed by atoms with Gasteiger partial charge in [0.25, 0.3) is 5.91 Å². The summed E-state index contributed by atoms with van der Waals surface area (Å²) in [6.07, 6.45) is 3.84. The van der Waals surface area contributed by atoms with Crippen LogP contribution in [-0.2, 0) is 6.42 Å². The SMILES string of the molecule is COc1ccc(CCNc2ncc(C(=O)NCC(C)C)cn2)cc1OC. The van der Waals surface area contributed by atoms with Crippen LogP contribution in [0.4, 0.5) is 5.95 Å². The van der Waals surface area contributed by atoms with Crippen molar-refractivity contribution in [1.29, 1.82) is 0 Å². The number of anilines is 1. The molecule has 1 aromatic carbocycles. The average Bonchev–Trinajstić information content (AvgIpc) is 2.66. The molecular formula is C19H26N4O3. The first-order chi connectivity index (χ1) is 12.5. The third-order valence-electron chi connectivity index (χ3n) is 3.73. The van der Waals surface area contributed by atoms with Crippen LogP contribution in [0.25, 0.3) is 0 Å². The molecule has 26 heavy (non-hydrogen) atoms. The summed E-state index contributed by atoms with van der Waals surface area (Å²) >= 11 is 0. The lowest BCUT2D eigenvalue weighted by Gasteiger charge is -2.10. The summed E-state index contributed by atoms with van der Waals surface area (Å²) in [4.78, 5) is 20.3. The van der Waals surface area contributed by atoms with Gasteiger partial charge in [0.2, 0.25) is 5.95 Å². The lowest BCUT2D eigenvalue weighted by molar-refractivity contribution is 0.0948. The van der Waals surface area contributed by atoms with E-state index in [2.05, 4.69) is 20.6 Å². The van der Waals surface area contributed by atoms with Crippen molar-refractivity contribution in [3.05, 3.63) is 41.7 Å². The van der Waals surface area contributed by atoms with Gasteiger partial charge < -0.3 is 20.1 Å². The molecule has 0 aliphatic heterocycles. The van der Waals surface area contributed by atoms with Crippen molar-refractivity contribution < 1.29 is 14.3 Å². The highest BCUT2D eigenvalue weighted by molar-refractivity contribution is 5.93. The minimum atomic E-state index is -0.157. The summed E-state index contributed by atoms with van der Waals surface area (Å²) in [5.41, 5.74) is 1.57. The second-order valence-electron chi connectivity index (χ2n) is 6.27. The number of carbonyl (C=O) groups is 1. The molecule has 0 aliphatic carbocycles. The molecule has 0 spiro atoms. The smallest absolute Gasteiger partial charge is 0.254 e. The highest BCUT2D eigenvalue weighted by Crippen LogP contribution is 2.27. The maximum atomic E-state index is 11.9. The molecule has 2 rings (SSSR count). The van der Waals surface area contributed by atoms with Crippen LogP contribution in [0.3, 0.4) is 0 Å². The minimum absolute atomic E-state index is 0.157. The molecule has 0 aliphatic rings. The topological polar surface area (TPSA) is 85.4 Å². The number of ether oxygens (including phenoxy) is 2. The number of hydrogen-bond donors (Lipinski definition) is 2. The van der Waals surface area contributed by atoms with Crippen molar-refractivity contribution in [2.24, 2.45) is 5.92 Å². The first-order valence-electron chi connectivity index (χ1n) is 8.58. The molecule has 1 amide bonds. The maximum Gasteiger partial charge on any atom is 0.254 e. The third kappa shape index (κ3) is 5.61. The fourth-order valence-electron chi connectivity index (χ4n) is 2.29. The van der Waals surface area contributed by atoms with Crippen LogP contribution in [0.15, 0.2) is 30.6 Å². The van der Waals surface area contributed by atoms with E-state index in [4.69, 9.17) is 9.47 Å². The Labute approximate surface area is 154 Å². The van der Waals surface area contributed by atoms with Crippen molar-refractivity contribution in [1.82, 2.24) is 15.3 Å². The van der Waals surface area contributed by atoms with E-state index in [0.29, 0.717) is 42.0 Å². The summed E-state index contributed by atoms with van der Waals surface area (Å²) in [5, 5.41) is 5.99. The van der Waals surface area contributed by atoms with Crippen molar-refractivity contribution in [3.8, 4) is 11.5 Å². The van der Waals surface area contributed by atoms with E-state index < -0.39 is 0 Å². The van der Waals surface area contributed by atoms with Gasteiger partial charge in [-0.05, 0) is 30.0 Å². The average molecular weight is 358 g/mol. The molecule has 2 N–H and O–H groups in total. The predicted molar refractivity (Wildman–Crippen MR) is 101 cm³/mol. The zero-order valence-electron chi connectivity index (χ0n) is 15.7. The second kappa shape index (κ2) is 9.60. The van der Waals surface area contributed by atoms with Gasteiger partial charge in [-0.25, -0.2) is 9.97 Å². The van der Waals surface area contributed by atoms with E-state index in [1.54, 1.807) is 14.2 Å². The molecule has 0 radical (unpaired) electrons. The molecule has 0 saturated carbocycles. The first kappa shape index (κ1) is 19.5. The van der Waals surface area contributed by atoms with Gasteiger partial charge in [-0.3, -0.25) is 4.79 Å². The molecule has 0 unspecified atom stereocenters. The Morgan fingerprint density at radius 1 is 1.12 bits per heavy atom. The number of aromatic nitrogens is 2. The number of carbonyl (C=O) groups excluding carboxylic acids is 1. The van der Waals surface area contributed by atoms with Gasteiger partial charge in [0.05, 0.1) is 19.8 Å². The Morgan fingerprint density at radius 3 is 2.42 bits per heavy atom. The van der Waals surface area contributed by atoms with E-state index in [-0.39, 0.29) is 5.91 Å². The van der Waals surface area contributed by atoms with Gasteiger partial charge in [-0.15, -0.1) is 0 Å². The van der Waals surface area contributed by atoms with E-state index in [1.807, 2.05) is 32.0 Å². The van der Waals surface area contributed by atoms with Gasteiger partial charge >= 0.3 is 0 Å². The number of amides is 1. The van der Waals surface area contributed by atoms with Crippen molar-refractivity contribution in [3.63, 3.8) is 0 Å². The summed E-state index contributed by atoms with van der Waals surface area (Å²) in [5.74, 6) is 2.15. The Morgan fingerprint density at radius 2 is 1.81 bits per heavy atom. The van der Waals surface area contributed by atoms with Crippen LogP contribution < -0.4 is 20.1 Å². The van der Waals surface area contributed by atoms with Crippen LogP contribution in [0.1, 0.15) is 29.8 Å². The number of nitrogens with one attached hydrogen (secondary N) is 2. The van der Waals surface area contributed by atoms with Gasteiger partial charge in [-0.1, -0.05) is 19.9 Å². The largest absolute Gasteiger partial charge is 0.493 e. The predicted octanol–water partition coefficient (Wildman–Crippen LogP) is 2.53. The fourth-order valence-corrected chi connectivity index (χ4v) is 2.29. The quantitative estimate of drug-likeness (QED) is 0.716. The zero-order chi connectivity index (χ0) is 18.9. The molecule has 0 fully saturated rings. The Bertz CT molecular complexity index is 717. The van der Waals surface area contributed by atoms with Crippen LogP contribution in [0, 0.1) is 5.92 Å². The summed E-state index contributed by atoms with van der Waals surface area (Å²) < 4.78 is 10.5. The summed E-state index contributed by atoms with van der Waals surface area (Å²) in [7, 11) is 3.23. The standard InChI is InChI=1S/C19H26N4O3/c1-13(2)10-21-18(24)15-11-22-19(23-12-15)20-8-7-14-5-6-16(25-3)17(9-14)26-4/h5-6,9,11-13H,7-8,10H2,1-4H3,(H,21,24)(H,20,22,23). The third-order valence-corrected chi connectivity index (χ3v) is 3.73. The number of benzene rings is 1. The fraction of sp³-hybridized carbons (Fsp3) is 0.421. The van der Waals surface area contributed by atoms with E-state index in [0.717, 1.165) is 12.0 Å².